The average molecular weight is 412 g/mol. The van der Waals surface area contributed by atoms with Crippen LogP contribution in [-0.4, -0.2) is 21.6 Å². The monoisotopic (exact) mass is 411 g/mol. The molecular formula is C25H21N3OS. The molecule has 0 aliphatic carbocycles. The molecule has 1 amide bonds. The minimum atomic E-state index is -0.0794. The number of amides is 1. The van der Waals surface area contributed by atoms with Gasteiger partial charge in [0.1, 0.15) is 0 Å². The van der Waals surface area contributed by atoms with Crippen LogP contribution in [0.1, 0.15) is 5.56 Å². The molecule has 0 fully saturated rings. The number of nitrogens with one attached hydrogen (secondary N) is 1. The first-order chi connectivity index (χ1) is 14.7. The lowest BCUT2D eigenvalue weighted by Gasteiger charge is -2.10. The largest absolute Gasteiger partial charge is 0.325 e. The molecule has 4 rings (SSSR count). The van der Waals surface area contributed by atoms with E-state index in [1.54, 1.807) is 0 Å². The fourth-order valence-corrected chi connectivity index (χ4v) is 3.69. The highest BCUT2D eigenvalue weighted by atomic mass is 32.2. The lowest BCUT2D eigenvalue weighted by atomic mass is 10.1. The van der Waals surface area contributed by atoms with Crippen molar-refractivity contribution < 1.29 is 4.79 Å². The smallest absolute Gasteiger partial charge is 0.234 e. The number of carbonyl (C=O) groups is 1. The summed E-state index contributed by atoms with van der Waals surface area (Å²) in [7, 11) is 0. The van der Waals surface area contributed by atoms with Crippen LogP contribution in [0.4, 0.5) is 5.69 Å². The second kappa shape index (κ2) is 9.37. The summed E-state index contributed by atoms with van der Waals surface area (Å²) in [4.78, 5) is 21.9. The number of para-hydroxylation sites is 1. The third kappa shape index (κ3) is 4.93. The van der Waals surface area contributed by atoms with E-state index in [0.29, 0.717) is 5.16 Å². The Bertz CT molecular complexity index is 1090. The van der Waals surface area contributed by atoms with Gasteiger partial charge in [0, 0.05) is 16.8 Å². The maximum atomic E-state index is 12.5. The van der Waals surface area contributed by atoms with Gasteiger partial charge in [-0.1, -0.05) is 90.6 Å². The van der Waals surface area contributed by atoms with Gasteiger partial charge in [-0.2, -0.15) is 0 Å². The highest BCUT2D eigenvalue weighted by Gasteiger charge is 2.11. The Morgan fingerprint density at radius 1 is 0.800 bits per heavy atom. The van der Waals surface area contributed by atoms with Crippen molar-refractivity contribution in [2.24, 2.45) is 0 Å². The van der Waals surface area contributed by atoms with Crippen LogP contribution < -0.4 is 5.32 Å². The van der Waals surface area contributed by atoms with Crippen molar-refractivity contribution in [3.63, 3.8) is 0 Å². The van der Waals surface area contributed by atoms with Crippen LogP contribution in [0.2, 0.25) is 0 Å². The summed E-state index contributed by atoms with van der Waals surface area (Å²) >= 11 is 1.34. The number of carbonyl (C=O) groups excluding carboxylic acids is 1. The van der Waals surface area contributed by atoms with Crippen molar-refractivity contribution in [2.45, 2.75) is 12.1 Å². The highest BCUT2D eigenvalue weighted by Crippen LogP contribution is 2.27. The SMILES string of the molecule is Cc1ccccc1NC(=O)CSc1nc(-c2ccccc2)cc(-c2ccccc2)n1. The Morgan fingerprint density at radius 3 is 1.90 bits per heavy atom. The number of aryl methyl sites for hydroxylation is 1. The Morgan fingerprint density at radius 2 is 1.33 bits per heavy atom. The summed E-state index contributed by atoms with van der Waals surface area (Å²) < 4.78 is 0. The van der Waals surface area contributed by atoms with Gasteiger partial charge >= 0.3 is 0 Å². The van der Waals surface area contributed by atoms with E-state index < -0.39 is 0 Å². The molecule has 1 aromatic heterocycles. The third-order valence-electron chi connectivity index (χ3n) is 4.60. The zero-order chi connectivity index (χ0) is 20.8. The molecule has 4 nitrogen and oxygen atoms in total. The molecule has 0 aliphatic heterocycles. The molecule has 3 aromatic carbocycles. The molecule has 0 radical (unpaired) electrons. The minimum absolute atomic E-state index is 0.0794. The lowest BCUT2D eigenvalue weighted by molar-refractivity contribution is -0.113. The number of nitrogens with zero attached hydrogens (tertiary/aromatic N) is 2. The van der Waals surface area contributed by atoms with Gasteiger partial charge in [0.15, 0.2) is 5.16 Å². The zero-order valence-electron chi connectivity index (χ0n) is 16.6. The van der Waals surface area contributed by atoms with Crippen LogP contribution in [0, 0.1) is 6.92 Å². The Labute approximate surface area is 180 Å². The van der Waals surface area contributed by atoms with Crippen molar-refractivity contribution in [2.75, 3.05) is 11.1 Å². The predicted molar refractivity (Wildman–Crippen MR) is 123 cm³/mol. The number of anilines is 1. The normalized spacial score (nSPS) is 10.6. The van der Waals surface area contributed by atoms with E-state index >= 15 is 0 Å². The first-order valence-electron chi connectivity index (χ1n) is 9.67. The third-order valence-corrected chi connectivity index (χ3v) is 5.44. The maximum absolute atomic E-state index is 12.5. The molecule has 4 aromatic rings. The van der Waals surface area contributed by atoms with E-state index in [9.17, 15) is 4.79 Å². The minimum Gasteiger partial charge on any atom is -0.325 e. The quantitative estimate of drug-likeness (QED) is 0.319. The van der Waals surface area contributed by atoms with Crippen LogP contribution in [0.5, 0.6) is 0 Å². The summed E-state index contributed by atoms with van der Waals surface area (Å²) in [6.45, 7) is 1.97. The van der Waals surface area contributed by atoms with E-state index in [0.717, 1.165) is 33.8 Å². The zero-order valence-corrected chi connectivity index (χ0v) is 17.4. The molecule has 5 heteroatoms. The molecule has 0 unspecified atom stereocenters. The fraction of sp³-hybridized carbons (Fsp3) is 0.0800. The molecule has 0 spiro atoms. The Hall–Kier alpha value is -3.44. The molecule has 0 bridgehead atoms. The van der Waals surface area contributed by atoms with E-state index in [2.05, 4.69) is 5.32 Å². The van der Waals surface area contributed by atoms with E-state index in [1.807, 2.05) is 97.9 Å². The number of thioether (sulfide) groups is 1. The van der Waals surface area contributed by atoms with Gasteiger partial charge in [0.25, 0.3) is 0 Å². The van der Waals surface area contributed by atoms with Crippen molar-refractivity contribution in [1.82, 2.24) is 9.97 Å². The van der Waals surface area contributed by atoms with Gasteiger partial charge in [-0.15, -0.1) is 0 Å². The topological polar surface area (TPSA) is 54.9 Å². The summed E-state index contributed by atoms with van der Waals surface area (Å²) in [5.41, 5.74) is 5.57. The first-order valence-corrected chi connectivity index (χ1v) is 10.7. The van der Waals surface area contributed by atoms with Crippen molar-refractivity contribution >= 4 is 23.4 Å². The molecule has 148 valence electrons. The highest BCUT2D eigenvalue weighted by molar-refractivity contribution is 7.99. The molecule has 0 aliphatic rings. The molecule has 30 heavy (non-hydrogen) atoms. The van der Waals surface area contributed by atoms with E-state index in [4.69, 9.17) is 9.97 Å². The number of hydrogen-bond acceptors (Lipinski definition) is 4. The van der Waals surface area contributed by atoms with Crippen molar-refractivity contribution in [3.05, 3.63) is 96.6 Å². The van der Waals surface area contributed by atoms with Crippen LogP contribution in [0.15, 0.2) is 96.2 Å². The molecule has 0 saturated heterocycles. The van der Waals surface area contributed by atoms with E-state index in [1.165, 1.54) is 11.8 Å². The number of aromatic nitrogens is 2. The summed E-state index contributed by atoms with van der Waals surface area (Å²) in [5, 5.41) is 3.54. The van der Waals surface area contributed by atoms with Gasteiger partial charge < -0.3 is 5.32 Å². The lowest BCUT2D eigenvalue weighted by Crippen LogP contribution is -2.15. The second-order valence-electron chi connectivity index (χ2n) is 6.80. The Balaban J connectivity index is 1.57. The van der Waals surface area contributed by atoms with Gasteiger partial charge in [-0.3, -0.25) is 4.79 Å². The molecule has 0 atom stereocenters. The van der Waals surface area contributed by atoms with Crippen molar-refractivity contribution in [1.29, 1.82) is 0 Å². The summed E-state index contributed by atoms with van der Waals surface area (Å²) in [5.74, 6) is 0.158. The number of rotatable bonds is 6. The average Bonchev–Trinajstić information content (AvgIpc) is 2.80. The van der Waals surface area contributed by atoms with Crippen LogP contribution >= 0.6 is 11.8 Å². The van der Waals surface area contributed by atoms with Crippen LogP contribution in [0.3, 0.4) is 0 Å². The van der Waals surface area contributed by atoms with Crippen LogP contribution in [0.25, 0.3) is 22.5 Å². The van der Waals surface area contributed by atoms with E-state index in [-0.39, 0.29) is 11.7 Å². The van der Waals surface area contributed by atoms with Gasteiger partial charge in [-0.25, -0.2) is 9.97 Å². The van der Waals surface area contributed by atoms with Gasteiger partial charge in [0.05, 0.1) is 17.1 Å². The summed E-state index contributed by atoms with van der Waals surface area (Å²) in [6.07, 6.45) is 0. The second-order valence-corrected chi connectivity index (χ2v) is 7.75. The molecule has 0 saturated carbocycles. The van der Waals surface area contributed by atoms with Crippen LogP contribution in [-0.2, 0) is 4.79 Å². The molecular weight excluding hydrogens is 390 g/mol. The maximum Gasteiger partial charge on any atom is 0.234 e. The fourth-order valence-electron chi connectivity index (χ4n) is 3.03. The molecule has 1 N–H and O–H groups in total. The Kier molecular flexibility index (Phi) is 6.20. The van der Waals surface area contributed by atoms with Gasteiger partial charge in [0.2, 0.25) is 5.91 Å². The molecule has 1 heterocycles. The number of hydrogen-bond donors (Lipinski definition) is 1. The van der Waals surface area contributed by atoms with Crippen molar-refractivity contribution in [3.8, 4) is 22.5 Å². The standard InChI is InChI=1S/C25H21N3OS/c1-18-10-8-9-15-21(18)26-24(29)17-30-25-27-22(19-11-4-2-5-12-19)16-23(28-25)20-13-6-3-7-14-20/h2-16H,17H2,1H3,(H,26,29). The first kappa shape index (κ1) is 19.9. The number of benzene rings is 3. The summed E-state index contributed by atoms with van der Waals surface area (Å²) in [6, 6.07) is 29.7. The predicted octanol–water partition coefficient (Wildman–Crippen LogP) is 5.85. The van der Waals surface area contributed by atoms with Gasteiger partial charge in [-0.05, 0) is 24.6 Å².